The van der Waals surface area contributed by atoms with Gasteiger partial charge in [-0.2, -0.15) is 0 Å². The Morgan fingerprint density at radius 3 is 2.50 bits per heavy atom. The summed E-state index contributed by atoms with van der Waals surface area (Å²) in [5.74, 6) is 1.13. The lowest BCUT2D eigenvalue weighted by Gasteiger charge is -2.29. The summed E-state index contributed by atoms with van der Waals surface area (Å²) in [6, 6.07) is 0. The van der Waals surface area contributed by atoms with Gasteiger partial charge in [-0.3, -0.25) is 0 Å². The molecule has 1 aliphatic carbocycles. The maximum absolute atomic E-state index is 9.63. The summed E-state index contributed by atoms with van der Waals surface area (Å²) in [5, 5.41) is 9.63. The van der Waals surface area contributed by atoms with E-state index in [-0.39, 0.29) is 6.10 Å². The van der Waals surface area contributed by atoms with E-state index in [1.54, 1.807) is 0 Å². The topological polar surface area (TPSA) is 20.2 Å². The van der Waals surface area contributed by atoms with Crippen molar-refractivity contribution >= 4 is 0 Å². The van der Waals surface area contributed by atoms with Gasteiger partial charge in [0.1, 0.15) is 0 Å². The number of hydrogen-bond donors (Lipinski definition) is 1. The van der Waals surface area contributed by atoms with Gasteiger partial charge >= 0.3 is 0 Å². The van der Waals surface area contributed by atoms with Crippen LogP contribution in [0, 0.1) is 11.8 Å². The maximum atomic E-state index is 9.63. The first-order valence-corrected chi connectivity index (χ1v) is 4.92. The summed E-state index contributed by atoms with van der Waals surface area (Å²) in [6.45, 7) is 6.40. The third kappa shape index (κ3) is 2.63. The number of hydrogen-bond acceptors (Lipinski definition) is 1. The average molecular weight is 168 g/mol. The van der Waals surface area contributed by atoms with Crippen LogP contribution >= 0.6 is 0 Å². The predicted molar refractivity (Wildman–Crippen MR) is 51.9 cm³/mol. The molecule has 0 radical (unpaired) electrons. The van der Waals surface area contributed by atoms with Gasteiger partial charge in [0.15, 0.2) is 0 Å². The van der Waals surface area contributed by atoms with E-state index in [0.717, 1.165) is 6.42 Å². The Hall–Kier alpha value is -0.300. The second-order valence-electron chi connectivity index (χ2n) is 4.36. The van der Waals surface area contributed by atoms with Gasteiger partial charge in [0, 0.05) is 0 Å². The van der Waals surface area contributed by atoms with Crippen molar-refractivity contribution in [3.05, 3.63) is 11.6 Å². The van der Waals surface area contributed by atoms with Crippen molar-refractivity contribution < 1.29 is 5.11 Å². The second-order valence-corrected chi connectivity index (χ2v) is 4.36. The predicted octanol–water partition coefficient (Wildman–Crippen LogP) is 2.75. The van der Waals surface area contributed by atoms with Gasteiger partial charge in [0.05, 0.1) is 6.10 Å². The molecule has 1 aliphatic rings. The SMILES string of the molecule is CC(C)=CC1CCC(C)C(O)C1. The Morgan fingerprint density at radius 1 is 1.33 bits per heavy atom. The fraction of sp³-hybridized carbons (Fsp3) is 0.818. The molecule has 1 nitrogen and oxygen atoms in total. The van der Waals surface area contributed by atoms with Crippen LogP contribution < -0.4 is 0 Å². The minimum absolute atomic E-state index is 0.0700. The van der Waals surface area contributed by atoms with Crippen LogP contribution in [0.25, 0.3) is 0 Å². The van der Waals surface area contributed by atoms with E-state index >= 15 is 0 Å². The molecule has 3 atom stereocenters. The molecule has 0 amide bonds. The maximum Gasteiger partial charge on any atom is 0.0571 e. The van der Waals surface area contributed by atoms with Gasteiger partial charge in [0.2, 0.25) is 0 Å². The molecule has 0 aliphatic heterocycles. The number of allylic oxidation sites excluding steroid dienone is 2. The van der Waals surface area contributed by atoms with Crippen molar-refractivity contribution in [1.29, 1.82) is 0 Å². The van der Waals surface area contributed by atoms with E-state index in [1.165, 1.54) is 18.4 Å². The summed E-state index contributed by atoms with van der Waals surface area (Å²) >= 11 is 0. The van der Waals surface area contributed by atoms with E-state index in [1.807, 2.05) is 0 Å². The largest absolute Gasteiger partial charge is 0.393 e. The zero-order valence-electron chi connectivity index (χ0n) is 8.38. The summed E-state index contributed by atoms with van der Waals surface area (Å²) in [6.07, 6.45) is 5.62. The Balaban J connectivity index is 2.46. The lowest BCUT2D eigenvalue weighted by Crippen LogP contribution is -2.26. The molecule has 0 aromatic rings. The fourth-order valence-corrected chi connectivity index (χ4v) is 1.95. The van der Waals surface area contributed by atoms with Crippen LogP contribution in [0.15, 0.2) is 11.6 Å². The highest BCUT2D eigenvalue weighted by Gasteiger charge is 2.24. The Kier molecular flexibility index (Phi) is 3.33. The van der Waals surface area contributed by atoms with Crippen LogP contribution in [0.1, 0.15) is 40.0 Å². The lowest BCUT2D eigenvalue weighted by atomic mass is 9.80. The molecule has 70 valence electrons. The molecule has 0 saturated heterocycles. The highest BCUT2D eigenvalue weighted by Crippen LogP contribution is 2.30. The van der Waals surface area contributed by atoms with Crippen molar-refractivity contribution in [2.24, 2.45) is 11.8 Å². The number of aliphatic hydroxyl groups is 1. The van der Waals surface area contributed by atoms with E-state index in [4.69, 9.17) is 0 Å². The van der Waals surface area contributed by atoms with Gasteiger partial charge in [-0.1, -0.05) is 18.6 Å². The van der Waals surface area contributed by atoms with Gasteiger partial charge < -0.3 is 5.11 Å². The first kappa shape index (κ1) is 9.79. The lowest BCUT2D eigenvalue weighted by molar-refractivity contribution is 0.0636. The molecule has 12 heavy (non-hydrogen) atoms. The van der Waals surface area contributed by atoms with Crippen molar-refractivity contribution in [3.63, 3.8) is 0 Å². The molecule has 0 aromatic heterocycles. The Morgan fingerprint density at radius 2 is 2.00 bits per heavy atom. The molecule has 1 N–H and O–H groups in total. The first-order valence-electron chi connectivity index (χ1n) is 4.92. The van der Waals surface area contributed by atoms with Gasteiger partial charge in [-0.25, -0.2) is 0 Å². The van der Waals surface area contributed by atoms with E-state index in [2.05, 4.69) is 26.8 Å². The van der Waals surface area contributed by atoms with Crippen molar-refractivity contribution in [2.45, 2.75) is 46.1 Å². The first-order chi connectivity index (χ1) is 5.59. The summed E-state index contributed by atoms with van der Waals surface area (Å²) in [5.41, 5.74) is 1.38. The number of rotatable bonds is 1. The zero-order chi connectivity index (χ0) is 9.14. The highest BCUT2D eigenvalue weighted by molar-refractivity contribution is 4.99. The molecule has 0 bridgehead atoms. The molecule has 1 saturated carbocycles. The Bertz CT molecular complexity index is 168. The molecule has 0 spiro atoms. The third-order valence-electron chi connectivity index (χ3n) is 2.76. The van der Waals surface area contributed by atoms with Crippen LogP contribution in [0.3, 0.4) is 0 Å². The van der Waals surface area contributed by atoms with Crippen molar-refractivity contribution in [3.8, 4) is 0 Å². The zero-order valence-corrected chi connectivity index (χ0v) is 8.38. The standard InChI is InChI=1S/C11H20O/c1-8(2)6-10-5-4-9(3)11(12)7-10/h6,9-12H,4-5,7H2,1-3H3. The van der Waals surface area contributed by atoms with Gasteiger partial charge in [-0.05, 0) is 44.9 Å². The molecule has 0 aromatic carbocycles. The second kappa shape index (κ2) is 4.08. The monoisotopic (exact) mass is 168 g/mol. The van der Waals surface area contributed by atoms with Crippen LogP contribution in [0.4, 0.5) is 0 Å². The number of aliphatic hydroxyl groups excluding tert-OH is 1. The van der Waals surface area contributed by atoms with Gasteiger partial charge in [-0.15, -0.1) is 0 Å². The van der Waals surface area contributed by atoms with Crippen LogP contribution in [0.5, 0.6) is 0 Å². The molecular weight excluding hydrogens is 148 g/mol. The normalized spacial score (nSPS) is 36.2. The van der Waals surface area contributed by atoms with E-state index in [9.17, 15) is 5.11 Å². The minimum atomic E-state index is -0.0700. The molecule has 1 fully saturated rings. The molecule has 1 rings (SSSR count). The molecular formula is C11H20O. The quantitative estimate of drug-likeness (QED) is 0.597. The molecule has 0 heterocycles. The van der Waals surface area contributed by atoms with Crippen molar-refractivity contribution in [2.75, 3.05) is 0 Å². The summed E-state index contributed by atoms with van der Waals surface area (Å²) < 4.78 is 0. The van der Waals surface area contributed by atoms with Crippen LogP contribution in [-0.4, -0.2) is 11.2 Å². The van der Waals surface area contributed by atoms with Crippen LogP contribution in [0.2, 0.25) is 0 Å². The minimum Gasteiger partial charge on any atom is -0.393 e. The third-order valence-corrected chi connectivity index (χ3v) is 2.76. The summed E-state index contributed by atoms with van der Waals surface area (Å²) in [7, 11) is 0. The summed E-state index contributed by atoms with van der Waals surface area (Å²) in [4.78, 5) is 0. The van der Waals surface area contributed by atoms with Crippen LogP contribution in [-0.2, 0) is 0 Å². The van der Waals surface area contributed by atoms with E-state index in [0.29, 0.717) is 11.8 Å². The smallest absolute Gasteiger partial charge is 0.0571 e. The average Bonchev–Trinajstić information content (AvgIpc) is 1.96. The van der Waals surface area contributed by atoms with E-state index < -0.39 is 0 Å². The van der Waals surface area contributed by atoms with Gasteiger partial charge in [0.25, 0.3) is 0 Å². The fourth-order valence-electron chi connectivity index (χ4n) is 1.95. The molecule has 1 heteroatoms. The van der Waals surface area contributed by atoms with Crippen molar-refractivity contribution in [1.82, 2.24) is 0 Å². The Labute approximate surface area is 75.5 Å². The highest BCUT2D eigenvalue weighted by atomic mass is 16.3. The molecule has 3 unspecified atom stereocenters.